The maximum absolute atomic E-state index is 13.3. The molecule has 1 atom stereocenters. The van der Waals surface area contributed by atoms with E-state index >= 15 is 0 Å². The molecule has 0 unspecified atom stereocenters. The first kappa shape index (κ1) is 21.1. The molecule has 1 N–H and O–H groups in total. The van der Waals surface area contributed by atoms with E-state index in [1.165, 1.54) is 4.68 Å². The van der Waals surface area contributed by atoms with Gasteiger partial charge >= 0.3 is 0 Å². The second kappa shape index (κ2) is 8.89. The lowest BCUT2D eigenvalue weighted by Gasteiger charge is -2.18. The molecule has 7 heteroatoms. The molecule has 2 aromatic carbocycles. The van der Waals surface area contributed by atoms with Crippen LogP contribution in [0.1, 0.15) is 37.6 Å². The van der Waals surface area contributed by atoms with E-state index in [-0.39, 0.29) is 11.5 Å². The summed E-state index contributed by atoms with van der Waals surface area (Å²) in [7, 11) is 0. The average molecular weight is 436 g/mol. The summed E-state index contributed by atoms with van der Waals surface area (Å²) in [6.45, 7) is 6.70. The number of amides is 1. The van der Waals surface area contributed by atoms with Crippen LogP contribution in [-0.2, 0) is 11.3 Å². The summed E-state index contributed by atoms with van der Waals surface area (Å²) in [5.41, 5.74) is 1.50. The molecule has 4 rings (SSSR count). The molecule has 0 saturated heterocycles. The van der Waals surface area contributed by atoms with E-state index in [0.717, 1.165) is 31.8 Å². The van der Waals surface area contributed by atoms with Crippen LogP contribution >= 0.6 is 11.3 Å². The largest absolute Gasteiger partial charge is 0.494 e. The van der Waals surface area contributed by atoms with Gasteiger partial charge in [-0.15, -0.1) is 11.3 Å². The minimum atomic E-state index is -0.669. The Morgan fingerprint density at radius 2 is 1.90 bits per heavy atom. The zero-order chi connectivity index (χ0) is 22.0. The highest BCUT2D eigenvalue weighted by molar-refractivity contribution is 7.26. The van der Waals surface area contributed by atoms with Crippen LogP contribution < -0.4 is 15.6 Å². The lowest BCUT2D eigenvalue weighted by molar-refractivity contribution is -0.125. The number of carbonyl (C=O) groups is 1. The Kier molecular flexibility index (Phi) is 6.04. The van der Waals surface area contributed by atoms with Gasteiger partial charge in [0.15, 0.2) is 0 Å². The van der Waals surface area contributed by atoms with Crippen molar-refractivity contribution in [1.82, 2.24) is 15.1 Å². The molecule has 0 bridgehead atoms. The Bertz CT molecular complexity index is 1290. The van der Waals surface area contributed by atoms with Crippen molar-refractivity contribution in [3.05, 3.63) is 70.1 Å². The SMILES string of the molecule is CCOc1ccc(CNC(=O)[C@@H](CC)n2nc(C)c3sc4ccccc4c3c2=O)cc1. The maximum atomic E-state index is 13.3. The minimum absolute atomic E-state index is 0.218. The molecule has 6 nitrogen and oxygen atoms in total. The van der Waals surface area contributed by atoms with Crippen molar-refractivity contribution in [1.29, 1.82) is 0 Å². The molecule has 0 radical (unpaired) electrons. The Morgan fingerprint density at radius 1 is 1.16 bits per heavy atom. The standard InChI is InChI=1S/C24H25N3O3S/c1-4-19(23(28)25-14-16-10-12-17(13-11-16)30-5-2)27-24(29)21-18-8-6-7-9-20(18)31-22(21)15(3)26-27/h6-13,19H,4-5,14H2,1-3H3,(H,25,28)/t19-/m1/s1. The highest BCUT2D eigenvalue weighted by atomic mass is 32.1. The van der Waals surface area contributed by atoms with Crippen LogP contribution in [0.25, 0.3) is 20.2 Å². The van der Waals surface area contributed by atoms with Crippen molar-refractivity contribution >= 4 is 37.4 Å². The number of aryl methyl sites for hydroxylation is 1. The number of rotatable bonds is 7. The smallest absolute Gasteiger partial charge is 0.276 e. The molecule has 4 aromatic rings. The van der Waals surface area contributed by atoms with Gasteiger partial charge in [-0.3, -0.25) is 9.59 Å². The van der Waals surface area contributed by atoms with Gasteiger partial charge in [-0.25, -0.2) is 4.68 Å². The Labute approximate surface area is 184 Å². The summed E-state index contributed by atoms with van der Waals surface area (Å²) in [5, 5.41) is 9.02. The van der Waals surface area contributed by atoms with E-state index in [1.807, 2.05) is 69.3 Å². The van der Waals surface area contributed by atoms with Crippen LogP contribution in [0.4, 0.5) is 0 Å². The fourth-order valence-corrected chi connectivity index (χ4v) is 4.87. The summed E-state index contributed by atoms with van der Waals surface area (Å²) < 4.78 is 8.73. The van der Waals surface area contributed by atoms with Gasteiger partial charge < -0.3 is 10.1 Å². The van der Waals surface area contributed by atoms with Crippen LogP contribution in [-0.4, -0.2) is 22.3 Å². The fraction of sp³-hybridized carbons (Fsp3) is 0.292. The number of ether oxygens (including phenoxy) is 1. The molecule has 0 spiro atoms. The third-order valence-electron chi connectivity index (χ3n) is 5.29. The van der Waals surface area contributed by atoms with Gasteiger partial charge in [0.25, 0.3) is 5.56 Å². The molecule has 0 aliphatic carbocycles. The van der Waals surface area contributed by atoms with Gasteiger partial charge in [-0.1, -0.05) is 37.3 Å². The number of fused-ring (bicyclic) bond motifs is 3. The van der Waals surface area contributed by atoms with Crippen LogP contribution in [0, 0.1) is 6.92 Å². The molecule has 0 aliphatic heterocycles. The topological polar surface area (TPSA) is 73.2 Å². The summed E-state index contributed by atoms with van der Waals surface area (Å²) in [4.78, 5) is 26.3. The highest BCUT2D eigenvalue weighted by Crippen LogP contribution is 2.33. The second-order valence-electron chi connectivity index (χ2n) is 7.36. The Balaban J connectivity index is 1.62. The zero-order valence-corrected chi connectivity index (χ0v) is 18.7. The summed E-state index contributed by atoms with van der Waals surface area (Å²) in [5.74, 6) is 0.579. The molecule has 2 aromatic heterocycles. The van der Waals surface area contributed by atoms with E-state index in [2.05, 4.69) is 10.4 Å². The van der Waals surface area contributed by atoms with Crippen molar-refractivity contribution in [2.24, 2.45) is 0 Å². The van der Waals surface area contributed by atoms with Gasteiger partial charge in [0, 0.05) is 16.6 Å². The van der Waals surface area contributed by atoms with Gasteiger partial charge in [0.05, 0.1) is 22.4 Å². The molecule has 1 amide bonds. The van der Waals surface area contributed by atoms with Crippen molar-refractivity contribution in [2.75, 3.05) is 6.61 Å². The van der Waals surface area contributed by atoms with Crippen molar-refractivity contribution in [3.63, 3.8) is 0 Å². The van der Waals surface area contributed by atoms with Gasteiger partial charge in [-0.2, -0.15) is 5.10 Å². The summed E-state index contributed by atoms with van der Waals surface area (Å²) in [6, 6.07) is 14.8. The normalized spacial score (nSPS) is 12.2. The fourth-order valence-electron chi connectivity index (χ4n) is 3.74. The third-order valence-corrected chi connectivity index (χ3v) is 6.57. The number of hydrogen-bond acceptors (Lipinski definition) is 5. The lowest BCUT2D eigenvalue weighted by Crippen LogP contribution is -2.38. The predicted molar refractivity (Wildman–Crippen MR) is 125 cm³/mol. The number of nitrogens with one attached hydrogen (secondary N) is 1. The van der Waals surface area contributed by atoms with Crippen LogP contribution in [0.3, 0.4) is 0 Å². The van der Waals surface area contributed by atoms with Crippen LogP contribution in [0.15, 0.2) is 53.3 Å². The molecule has 160 valence electrons. The van der Waals surface area contributed by atoms with Crippen molar-refractivity contribution in [2.45, 2.75) is 39.8 Å². The van der Waals surface area contributed by atoms with Gasteiger partial charge in [0.2, 0.25) is 5.91 Å². The average Bonchev–Trinajstić information content (AvgIpc) is 3.18. The molecule has 0 saturated carbocycles. The third kappa shape index (κ3) is 4.05. The number of aromatic nitrogens is 2. The molecule has 0 aliphatic rings. The monoisotopic (exact) mass is 435 g/mol. The number of nitrogens with zero attached hydrogens (tertiary/aromatic N) is 2. The van der Waals surface area contributed by atoms with Crippen molar-refractivity contribution in [3.8, 4) is 5.75 Å². The molecule has 2 heterocycles. The van der Waals surface area contributed by atoms with E-state index in [9.17, 15) is 9.59 Å². The number of carbonyl (C=O) groups excluding carboxylic acids is 1. The Morgan fingerprint density at radius 3 is 2.61 bits per heavy atom. The minimum Gasteiger partial charge on any atom is -0.494 e. The molecular weight excluding hydrogens is 410 g/mol. The first-order chi connectivity index (χ1) is 15.0. The van der Waals surface area contributed by atoms with E-state index in [0.29, 0.717) is 25.0 Å². The van der Waals surface area contributed by atoms with Crippen molar-refractivity contribution < 1.29 is 9.53 Å². The van der Waals surface area contributed by atoms with Gasteiger partial charge in [0.1, 0.15) is 11.8 Å². The highest BCUT2D eigenvalue weighted by Gasteiger charge is 2.24. The predicted octanol–water partition coefficient (Wildman–Crippen LogP) is 4.59. The Hall–Kier alpha value is -3.19. The van der Waals surface area contributed by atoms with Crippen LogP contribution in [0.2, 0.25) is 0 Å². The molecule has 0 fully saturated rings. The second-order valence-corrected chi connectivity index (χ2v) is 8.41. The lowest BCUT2D eigenvalue weighted by atomic mass is 10.1. The van der Waals surface area contributed by atoms with E-state index in [1.54, 1.807) is 11.3 Å². The molecular formula is C24H25N3O3S. The number of thiophene rings is 1. The maximum Gasteiger partial charge on any atom is 0.276 e. The summed E-state index contributed by atoms with van der Waals surface area (Å²) in [6.07, 6.45) is 0.467. The van der Waals surface area contributed by atoms with E-state index in [4.69, 9.17) is 4.74 Å². The number of hydrogen-bond donors (Lipinski definition) is 1. The quantitative estimate of drug-likeness (QED) is 0.461. The van der Waals surface area contributed by atoms with Crippen LogP contribution in [0.5, 0.6) is 5.75 Å². The number of benzene rings is 2. The molecule has 31 heavy (non-hydrogen) atoms. The van der Waals surface area contributed by atoms with E-state index < -0.39 is 6.04 Å². The first-order valence-electron chi connectivity index (χ1n) is 10.4. The first-order valence-corrected chi connectivity index (χ1v) is 11.2. The summed E-state index contributed by atoms with van der Waals surface area (Å²) >= 11 is 1.56. The zero-order valence-electron chi connectivity index (χ0n) is 17.8. The van der Waals surface area contributed by atoms with Gasteiger partial charge in [-0.05, 0) is 44.0 Å².